The number of hydrogen-bond donors (Lipinski definition) is 2. The molecule has 9 aromatic carbocycles. The van der Waals surface area contributed by atoms with E-state index in [4.69, 9.17) is 28.4 Å². The SMILES string of the molecule is Cc1c(C)c(C)c2c(c1C)C(=O)OC21c2c(C)c(C)c(O)c(C)c2Oc2c(C)c(O)c(C)c(C)c21.Cc1c(C)c(C)c2c(c1C)C(=O)OC21c2c(C)c(C)c(OS(=O)(=O)C(F)(F)F)c(C)c2Oc2c(C)c(OS(=O)(=O)C(F)(F)F)c(C)c(C)c21.Cc1c(C)c(C)c2c(c1C)Oc1c(C)c(C)c(C)c(C)c1C21OC(=O)c2c(C)c(C)c(C)c(C)c21. The molecule has 0 bridgehead atoms. The van der Waals surface area contributed by atoms with Crippen LogP contribution in [-0.2, 0) is 51.2 Å². The lowest BCUT2D eigenvalue weighted by Crippen LogP contribution is -2.37. The lowest BCUT2D eigenvalue weighted by molar-refractivity contribution is -0.0505. The number of ether oxygens (including phenoxy) is 6. The van der Waals surface area contributed by atoms with Crippen LogP contribution in [0.25, 0.3) is 0 Å². The van der Waals surface area contributed by atoms with E-state index < -0.39 is 65.5 Å². The molecule has 0 atom stereocenters. The van der Waals surface area contributed by atoms with E-state index in [1.54, 1.807) is 27.7 Å². The number of halogens is 6. The zero-order valence-corrected chi connectivity index (χ0v) is 74.7. The van der Waals surface area contributed by atoms with Crippen LogP contribution in [0.4, 0.5) is 26.3 Å². The molecule has 0 amide bonds. The number of hydrogen-bond acceptors (Lipinski definition) is 17. The highest BCUT2D eigenvalue weighted by Crippen LogP contribution is 2.68. The first kappa shape index (κ1) is 86.3. The van der Waals surface area contributed by atoms with E-state index in [9.17, 15) is 67.8 Å². The Hall–Kier alpha value is -10.5. The van der Waals surface area contributed by atoms with Gasteiger partial charge in [-0.3, -0.25) is 0 Å². The first-order valence-corrected chi connectivity index (χ1v) is 41.8. The summed E-state index contributed by atoms with van der Waals surface area (Å²) in [5.74, 6) is -0.622. The molecular weight excluding hydrogens is 1580 g/mol. The summed E-state index contributed by atoms with van der Waals surface area (Å²) in [6.07, 6.45) is 0. The Bertz CT molecular complexity index is 6050. The topological polar surface area (TPSA) is 234 Å². The number of fused-ring (bicyclic) bond motifs is 18. The molecule has 630 valence electrons. The van der Waals surface area contributed by atoms with Crippen molar-refractivity contribution >= 4 is 38.1 Å². The highest BCUT2D eigenvalue weighted by atomic mass is 32.2. The van der Waals surface area contributed by atoms with Crippen molar-refractivity contribution in [2.24, 2.45) is 0 Å². The third-order valence-corrected chi connectivity index (χ3v) is 30.1. The minimum Gasteiger partial charge on any atom is -0.507 e. The number of phenols is 2. The van der Waals surface area contributed by atoms with Crippen molar-refractivity contribution in [1.29, 1.82) is 0 Å². The zero-order valence-electron chi connectivity index (χ0n) is 73.1. The van der Waals surface area contributed by atoms with Gasteiger partial charge in [0.25, 0.3) is 0 Å². The first-order chi connectivity index (χ1) is 54.7. The van der Waals surface area contributed by atoms with Crippen LogP contribution in [0.1, 0.15) is 259 Å². The minimum absolute atomic E-state index is 0.0690. The molecule has 6 heterocycles. The smallest absolute Gasteiger partial charge is 0.507 e. The van der Waals surface area contributed by atoms with E-state index in [0.717, 1.165) is 145 Å². The molecule has 2 N–H and O–H groups in total. The number of phenolic OH excluding ortho intramolecular Hbond substituents is 2. The maximum atomic E-state index is 14.0. The maximum Gasteiger partial charge on any atom is 0.534 e. The molecule has 0 aromatic heterocycles. The Morgan fingerprint density at radius 1 is 0.235 bits per heavy atom. The molecule has 25 heteroatoms. The largest absolute Gasteiger partial charge is 0.534 e. The Morgan fingerprint density at radius 3 is 0.639 bits per heavy atom. The van der Waals surface area contributed by atoms with E-state index in [2.05, 4.69) is 98.4 Å². The number of rotatable bonds is 4. The second kappa shape index (κ2) is 27.5. The Balaban J connectivity index is 0.000000158. The molecule has 0 radical (unpaired) electrons. The highest BCUT2D eigenvalue weighted by molar-refractivity contribution is 7.88. The van der Waals surface area contributed by atoms with Crippen molar-refractivity contribution in [3.63, 3.8) is 0 Å². The van der Waals surface area contributed by atoms with Gasteiger partial charge in [0.1, 0.15) is 46.0 Å². The summed E-state index contributed by atoms with van der Waals surface area (Å²) in [5.41, 5.74) is 15.7. The van der Waals surface area contributed by atoms with Gasteiger partial charge in [-0.05, 0) is 377 Å². The van der Waals surface area contributed by atoms with Gasteiger partial charge in [0.15, 0.2) is 28.3 Å². The van der Waals surface area contributed by atoms with E-state index in [0.29, 0.717) is 44.9 Å². The predicted octanol–water partition coefficient (Wildman–Crippen LogP) is 22.5. The average molecular weight is 1680 g/mol. The van der Waals surface area contributed by atoms with Gasteiger partial charge in [-0.1, -0.05) is 0 Å². The molecule has 119 heavy (non-hydrogen) atoms. The number of benzene rings is 9. The van der Waals surface area contributed by atoms with E-state index in [1.807, 2.05) is 62.3 Å². The second-order valence-corrected chi connectivity index (χ2v) is 36.4. The van der Waals surface area contributed by atoms with Crippen LogP contribution in [0.3, 0.4) is 0 Å². The van der Waals surface area contributed by atoms with Crippen molar-refractivity contribution < 1.29 is 105 Å². The van der Waals surface area contributed by atoms with Crippen molar-refractivity contribution in [1.82, 2.24) is 0 Å². The Morgan fingerprint density at radius 2 is 0.412 bits per heavy atom. The second-order valence-electron chi connectivity index (χ2n) is 33.3. The Kier molecular flexibility index (Phi) is 19.9. The van der Waals surface area contributed by atoms with E-state index in [1.165, 1.54) is 69.4 Å². The fourth-order valence-corrected chi connectivity index (χ4v) is 20.5. The maximum absolute atomic E-state index is 14.0. The fraction of sp³-hybridized carbons (Fsp3) is 0.394. The molecular formula is C94H98F6O17S2. The van der Waals surface area contributed by atoms with Crippen LogP contribution in [0, 0.1) is 222 Å². The van der Waals surface area contributed by atoms with Gasteiger partial charge in [-0.15, -0.1) is 0 Å². The van der Waals surface area contributed by atoms with Gasteiger partial charge in [-0.2, -0.15) is 43.2 Å². The monoisotopic (exact) mass is 1680 g/mol. The summed E-state index contributed by atoms with van der Waals surface area (Å²) in [4.78, 5) is 41.5. The van der Waals surface area contributed by atoms with E-state index in [-0.39, 0.29) is 85.0 Å². The summed E-state index contributed by atoms with van der Waals surface area (Å²) in [6.45, 7) is 59.9. The molecule has 0 aliphatic carbocycles. The molecule has 0 saturated carbocycles. The van der Waals surface area contributed by atoms with Gasteiger partial charge < -0.3 is 47.0 Å². The lowest BCUT2D eigenvalue weighted by atomic mass is 9.69. The first-order valence-electron chi connectivity index (χ1n) is 39.0. The van der Waals surface area contributed by atoms with E-state index >= 15 is 0 Å². The predicted molar refractivity (Wildman–Crippen MR) is 440 cm³/mol. The summed E-state index contributed by atoms with van der Waals surface area (Å²) in [7, 11) is -12.4. The quantitative estimate of drug-likeness (QED) is 0.0548. The third kappa shape index (κ3) is 11.2. The number of aromatic hydroxyl groups is 2. The molecule has 0 saturated heterocycles. The standard InChI is InChI=1S/C32H30F6O9S2.C32H36O3.C30H32O5/c1-11-12(2)14(4)22-21(13(11)3)29(39)45-30(22)23-15(5)17(7)25(46-48(40,41)31(33,34)35)19(9)27(23)44-28-20(10)26(18(8)16(6)24(28)30)47-49(42,43)32(36,37)38;1-13-14(2)20(8)26-25(19(13)7)31(33)35-32(26)27-21(9)15(3)17(5)23(11)29(27)34-30-24(12)18(6)16(4)22(10)28(30)32;1-11-12(2)14(4)22-21(13(11)3)29(33)35-30(22)23-15(5)17(7)25(31)19(9)27(23)34-28-20(10)26(32)18(8)16(6)24(28)30/h1-10H3;1-12H3;31-32H,1-10H3. The summed E-state index contributed by atoms with van der Waals surface area (Å²) >= 11 is 0. The minimum atomic E-state index is -6.20. The summed E-state index contributed by atoms with van der Waals surface area (Å²) < 4.78 is 178. The Labute approximate surface area is 690 Å². The van der Waals surface area contributed by atoms with Gasteiger partial charge >= 0.3 is 49.2 Å². The van der Waals surface area contributed by atoms with Crippen molar-refractivity contribution in [2.45, 2.75) is 249 Å². The molecule has 9 aromatic rings. The van der Waals surface area contributed by atoms with Gasteiger partial charge in [0, 0.05) is 38.9 Å². The van der Waals surface area contributed by atoms with Crippen LogP contribution in [0.15, 0.2) is 0 Å². The number of esters is 3. The van der Waals surface area contributed by atoms with Crippen LogP contribution < -0.4 is 22.6 Å². The zero-order chi connectivity index (χ0) is 89.1. The molecule has 0 fully saturated rings. The van der Waals surface area contributed by atoms with Gasteiger partial charge in [0.2, 0.25) is 0 Å². The molecule has 17 nitrogen and oxygen atoms in total. The molecule has 6 aliphatic rings. The van der Waals surface area contributed by atoms with Gasteiger partial charge in [-0.25, -0.2) is 14.4 Å². The van der Waals surface area contributed by atoms with Crippen LogP contribution in [0.2, 0.25) is 0 Å². The van der Waals surface area contributed by atoms with Crippen LogP contribution >= 0.6 is 0 Å². The van der Waals surface area contributed by atoms with Crippen LogP contribution in [0.5, 0.6) is 57.5 Å². The highest BCUT2D eigenvalue weighted by Gasteiger charge is 2.63. The van der Waals surface area contributed by atoms with Gasteiger partial charge in [0.05, 0.1) is 50.1 Å². The third-order valence-electron chi connectivity index (χ3n) is 28.2. The number of carbonyl (C=O) groups excluding carboxylic acids is 3. The summed E-state index contributed by atoms with van der Waals surface area (Å²) in [5, 5.41) is 21.9. The molecule has 0 unspecified atom stereocenters. The van der Waals surface area contributed by atoms with Crippen molar-refractivity contribution in [2.75, 3.05) is 0 Å². The summed E-state index contributed by atoms with van der Waals surface area (Å²) in [6, 6.07) is 0. The van der Waals surface area contributed by atoms with Crippen molar-refractivity contribution in [3.05, 3.63) is 245 Å². The molecule has 3 spiro atoms. The molecule has 6 aliphatic heterocycles. The van der Waals surface area contributed by atoms with Crippen LogP contribution in [-0.4, -0.2) is 56.0 Å². The fourth-order valence-electron chi connectivity index (χ4n) is 19.3. The lowest BCUT2D eigenvalue weighted by Gasteiger charge is -2.42. The normalized spacial score (nSPS) is 15.2. The number of carbonyl (C=O) groups is 3. The van der Waals surface area contributed by atoms with Crippen molar-refractivity contribution in [3.8, 4) is 57.5 Å². The average Bonchev–Trinajstić information content (AvgIpc) is 1.59. The molecule has 15 rings (SSSR count). The number of alkyl halides is 6.